The lowest BCUT2D eigenvalue weighted by molar-refractivity contribution is 0.375. The van der Waals surface area contributed by atoms with Crippen LogP contribution in [-0.4, -0.2) is 87.2 Å². The van der Waals surface area contributed by atoms with Gasteiger partial charge in [0.25, 0.3) is 16.7 Å². The summed E-state index contributed by atoms with van der Waals surface area (Å²) in [5, 5.41) is 0. The highest BCUT2D eigenvalue weighted by molar-refractivity contribution is 5.82. The van der Waals surface area contributed by atoms with E-state index < -0.39 is 0 Å². The van der Waals surface area contributed by atoms with E-state index in [-0.39, 0.29) is 72.8 Å². The van der Waals surface area contributed by atoms with Crippen LogP contribution in [0.1, 0.15) is 148 Å². The molecule has 82 heavy (non-hydrogen) atoms. The number of fused-ring (bicyclic) bond motifs is 3. The lowest BCUT2D eigenvalue weighted by Crippen LogP contribution is -2.39. The molecule has 0 atom stereocenters. The predicted molar refractivity (Wildman–Crippen MR) is 322 cm³/mol. The van der Waals surface area contributed by atoms with Crippen molar-refractivity contribution in [3.8, 4) is 0 Å². The molecule has 9 aromatic heterocycles. The maximum absolute atomic E-state index is 11.6. The highest BCUT2D eigenvalue weighted by Gasteiger charge is 2.22. The minimum Gasteiger partial charge on any atom is -0.383 e. The summed E-state index contributed by atoms with van der Waals surface area (Å²) in [6.07, 6.45) is 9.92. The zero-order valence-electron chi connectivity index (χ0n) is 51.5. The second-order valence-electron chi connectivity index (χ2n) is 25.3. The van der Waals surface area contributed by atoms with Crippen LogP contribution in [0.5, 0.6) is 0 Å². The van der Waals surface area contributed by atoms with Crippen LogP contribution >= 0.6 is 0 Å². The number of rotatable bonds is 0. The van der Waals surface area contributed by atoms with Gasteiger partial charge < -0.3 is 35.9 Å². The fourth-order valence-electron chi connectivity index (χ4n) is 7.50. The minimum atomic E-state index is -0.366. The predicted octanol–water partition coefficient (Wildman–Crippen LogP) is 5.60. The van der Waals surface area contributed by atoms with Crippen LogP contribution in [0.4, 0.5) is 17.5 Å². The topological polar surface area (TPSA) is 373 Å². The number of hydrogen-bond donors (Lipinski definition) is 6. The fraction of sp³-hybridized carbons (Fsp3) is 0.509. The lowest BCUT2D eigenvalue weighted by atomic mass is 10.1. The third kappa shape index (κ3) is 16.8. The van der Waals surface area contributed by atoms with Gasteiger partial charge in [0.05, 0.1) is 19.0 Å². The van der Waals surface area contributed by atoms with Crippen LogP contribution in [0.15, 0.2) is 78.5 Å². The number of H-pyrrole nitrogens is 3. The zero-order valence-corrected chi connectivity index (χ0v) is 51.5. The maximum atomic E-state index is 11.6. The molecule has 0 aromatic carbocycles. The van der Waals surface area contributed by atoms with Crippen LogP contribution in [0.25, 0.3) is 33.5 Å². The minimum absolute atomic E-state index is 0.0536. The summed E-state index contributed by atoms with van der Waals surface area (Å²) in [5.74, 6) is 3.11. The van der Waals surface area contributed by atoms with E-state index in [1.165, 1.54) is 21.4 Å². The first-order chi connectivity index (χ1) is 37.3. The van der Waals surface area contributed by atoms with Gasteiger partial charge in [0, 0.05) is 63.5 Å². The van der Waals surface area contributed by atoms with Crippen LogP contribution in [-0.2, 0) is 33.2 Å². The Morgan fingerprint density at radius 1 is 0.402 bits per heavy atom. The molecular weight excluding hydrogens is 1050 g/mol. The molecule has 9 aromatic rings. The molecule has 27 heteroatoms. The van der Waals surface area contributed by atoms with Gasteiger partial charge in [-0.3, -0.25) is 38.1 Å². The molecule has 9 rings (SSSR count). The number of nitrogens with zero attached hydrogens (tertiary/aromatic N) is 15. The Balaban J connectivity index is 0.000000212. The number of aromatic nitrogens is 18. The number of anilines is 3. The van der Waals surface area contributed by atoms with E-state index >= 15 is 0 Å². The van der Waals surface area contributed by atoms with Gasteiger partial charge in [-0.25, -0.2) is 54.3 Å². The first-order valence-electron chi connectivity index (χ1n) is 26.2. The molecular formula is C55H83N21O6. The Hall–Kier alpha value is -8.91. The normalized spacial score (nSPS) is 12.0. The summed E-state index contributed by atoms with van der Waals surface area (Å²) in [5.41, 5.74) is 18.5. The summed E-state index contributed by atoms with van der Waals surface area (Å²) < 4.78 is 10.5. The van der Waals surface area contributed by atoms with Crippen LogP contribution in [0, 0.1) is 27.7 Å². The Labute approximate surface area is 474 Å². The molecule has 9 N–H and O–H groups in total. The standard InChI is InChI=1S/2C10H15N5.C10H14N4O.C9H14N2O2.C8H13N3O.C8H12N2O2/c2*1-6-13-8(11)7-9(14-6)15(5-12-7)10(2,3)4;1-6-12-8-7(9(15)13-6)11-5-14(8)10(2,3)4;1-6-5-11(9(2,3)4)8(13)10-7(6)12;1-8(2,3)11-5-4-6(9)10-7(11)12;1-8(2,3)10-5-4-6(11)9-7(10)12/h2*5H,1-4H3,(H2,11,13,14);5H,1-4H3,(H,12,13,15);5H,1-4H3,(H,10,12,13);4-5H,1-3H3,(H2,9,10,12);4-5H,1-3H3,(H,9,11,12). The molecule has 444 valence electrons. The van der Waals surface area contributed by atoms with Crippen molar-refractivity contribution in [2.45, 2.75) is 186 Å². The van der Waals surface area contributed by atoms with Gasteiger partial charge >= 0.3 is 17.1 Å². The average molecular weight is 1130 g/mol. The van der Waals surface area contributed by atoms with E-state index in [0.717, 1.165) is 11.3 Å². The number of imidazole rings is 3. The van der Waals surface area contributed by atoms with Crippen LogP contribution in [0.2, 0.25) is 0 Å². The second-order valence-corrected chi connectivity index (χ2v) is 25.3. The van der Waals surface area contributed by atoms with E-state index in [2.05, 4.69) is 101 Å². The molecule has 0 aliphatic carbocycles. The van der Waals surface area contributed by atoms with E-state index in [0.29, 0.717) is 56.9 Å². The molecule has 0 unspecified atom stereocenters. The van der Waals surface area contributed by atoms with Gasteiger partial charge in [-0.05, 0) is 158 Å². The van der Waals surface area contributed by atoms with Crippen molar-refractivity contribution in [2.24, 2.45) is 0 Å². The van der Waals surface area contributed by atoms with Gasteiger partial charge in [0.1, 0.15) is 34.3 Å². The van der Waals surface area contributed by atoms with Crippen molar-refractivity contribution < 1.29 is 0 Å². The number of hydrogen-bond acceptors (Lipinski definition) is 18. The van der Waals surface area contributed by atoms with Crippen molar-refractivity contribution in [1.29, 1.82) is 0 Å². The van der Waals surface area contributed by atoms with Gasteiger partial charge in [-0.2, -0.15) is 4.98 Å². The Kier molecular flexibility index (Phi) is 19.6. The number of aromatic amines is 3. The van der Waals surface area contributed by atoms with E-state index in [1.807, 2.05) is 111 Å². The molecule has 0 aliphatic rings. The second kappa shape index (κ2) is 24.4. The summed E-state index contributed by atoms with van der Waals surface area (Å²) >= 11 is 0. The number of nitrogen functional groups attached to an aromatic ring is 3. The first-order valence-corrected chi connectivity index (χ1v) is 26.2. The molecule has 9 heterocycles. The van der Waals surface area contributed by atoms with Crippen LogP contribution in [0.3, 0.4) is 0 Å². The molecule has 0 spiro atoms. The quantitative estimate of drug-likeness (QED) is 0.108. The summed E-state index contributed by atoms with van der Waals surface area (Å²) in [7, 11) is 0. The summed E-state index contributed by atoms with van der Waals surface area (Å²) in [4.78, 5) is 112. The number of aryl methyl sites for hydroxylation is 4. The zero-order chi connectivity index (χ0) is 62.6. The van der Waals surface area contributed by atoms with Gasteiger partial charge in [-0.1, -0.05) is 0 Å². The van der Waals surface area contributed by atoms with Crippen molar-refractivity contribution in [3.63, 3.8) is 0 Å². The highest BCUT2D eigenvalue weighted by atomic mass is 16.2. The average Bonchev–Trinajstić information content (AvgIpc) is 3.80. The molecule has 0 aliphatic heterocycles. The molecule has 0 amide bonds. The third-order valence-corrected chi connectivity index (χ3v) is 11.7. The number of nitrogens with one attached hydrogen (secondary N) is 3. The van der Waals surface area contributed by atoms with E-state index in [1.54, 1.807) is 55.9 Å². The Morgan fingerprint density at radius 2 is 0.780 bits per heavy atom. The van der Waals surface area contributed by atoms with Crippen molar-refractivity contribution in [3.05, 3.63) is 135 Å². The molecule has 0 radical (unpaired) electrons. The van der Waals surface area contributed by atoms with Gasteiger partial charge in [0.2, 0.25) is 0 Å². The number of nitrogens with two attached hydrogens (primary N) is 3. The Bertz CT molecular complexity index is 3970. The fourth-order valence-corrected chi connectivity index (χ4v) is 7.50. The molecule has 0 bridgehead atoms. The van der Waals surface area contributed by atoms with Crippen molar-refractivity contribution >= 4 is 50.9 Å². The van der Waals surface area contributed by atoms with Gasteiger partial charge in [-0.15, -0.1) is 0 Å². The molecule has 0 fully saturated rings. The SMILES string of the molecule is CC(C)(C)n1ccc(=O)[nH]c1=O.CC(C)(C)n1ccc(N)nc1=O.Cc1cn(C(C)(C)C)c(=O)[nH]c1=O.Cc1nc(N)c2ncn(C(C)(C)C)c2n1.Cc1nc(N)c2ncn(C(C)(C)C)c2n1.Cc1nc2c(ncn2C(C)(C)C)c(=O)[nH]1. The highest BCUT2D eigenvalue weighted by Crippen LogP contribution is 2.25. The molecule has 0 saturated heterocycles. The summed E-state index contributed by atoms with van der Waals surface area (Å²) in [6.45, 7) is 43.1. The van der Waals surface area contributed by atoms with Crippen molar-refractivity contribution in [2.75, 3.05) is 17.2 Å². The Morgan fingerprint density at radius 3 is 1.17 bits per heavy atom. The first kappa shape index (κ1) is 65.6. The monoisotopic (exact) mass is 1130 g/mol. The largest absolute Gasteiger partial charge is 0.383 e. The van der Waals surface area contributed by atoms with Crippen LogP contribution < -0.4 is 50.9 Å². The van der Waals surface area contributed by atoms with Crippen molar-refractivity contribution in [1.82, 2.24) is 87.2 Å². The summed E-state index contributed by atoms with van der Waals surface area (Å²) in [6, 6.07) is 2.96. The van der Waals surface area contributed by atoms with E-state index in [4.69, 9.17) is 17.2 Å². The van der Waals surface area contributed by atoms with Gasteiger partial charge in [0.15, 0.2) is 34.1 Å². The third-order valence-electron chi connectivity index (χ3n) is 11.7. The molecule has 27 nitrogen and oxygen atoms in total. The van der Waals surface area contributed by atoms with E-state index in [9.17, 15) is 28.8 Å². The maximum Gasteiger partial charge on any atom is 0.349 e. The smallest absolute Gasteiger partial charge is 0.349 e. The lowest BCUT2D eigenvalue weighted by Gasteiger charge is -2.21. The molecule has 0 saturated carbocycles.